The summed E-state index contributed by atoms with van der Waals surface area (Å²) in [7, 11) is -2.41. The number of anilines is 1. The minimum absolute atomic E-state index is 0.0328. The Morgan fingerprint density at radius 3 is 2.69 bits per heavy atom. The second-order valence-electron chi connectivity index (χ2n) is 8.32. The van der Waals surface area contributed by atoms with Gasteiger partial charge in [0, 0.05) is 30.4 Å². The van der Waals surface area contributed by atoms with Crippen molar-refractivity contribution in [3.8, 4) is 5.75 Å². The molecule has 1 aromatic carbocycles. The fraction of sp³-hybridized carbons (Fsp3) is 0.545. The van der Waals surface area contributed by atoms with E-state index >= 15 is 0 Å². The molecule has 0 atom stereocenters. The van der Waals surface area contributed by atoms with E-state index in [1.54, 1.807) is 6.07 Å². The van der Waals surface area contributed by atoms with Gasteiger partial charge in [0.2, 0.25) is 10.0 Å². The average Bonchev–Trinajstić information content (AvgIpc) is 3.26. The molecule has 1 aliphatic heterocycles. The normalized spacial score (nSPS) is 18.4. The molecule has 1 saturated heterocycles. The lowest BCUT2D eigenvalue weighted by Gasteiger charge is -2.26. The van der Waals surface area contributed by atoms with Crippen LogP contribution in [-0.2, 0) is 21.2 Å². The van der Waals surface area contributed by atoms with E-state index in [2.05, 4.69) is 15.5 Å². The Labute approximate surface area is 188 Å². The van der Waals surface area contributed by atoms with Crippen molar-refractivity contribution in [2.45, 2.75) is 43.4 Å². The summed E-state index contributed by atoms with van der Waals surface area (Å²) in [5, 5.41) is 9.97. The molecule has 0 bridgehead atoms. The van der Waals surface area contributed by atoms with E-state index in [0.717, 1.165) is 12.1 Å². The first-order valence-corrected chi connectivity index (χ1v) is 12.5. The fourth-order valence-corrected chi connectivity index (χ4v) is 5.96. The summed E-state index contributed by atoms with van der Waals surface area (Å²) in [6, 6.07) is 6.25. The highest BCUT2D eigenvalue weighted by Crippen LogP contribution is 2.29. The van der Waals surface area contributed by atoms with Crippen LogP contribution in [0.25, 0.3) is 0 Å². The molecule has 0 radical (unpaired) electrons. The Bertz CT molecular complexity index is 1040. The van der Waals surface area contributed by atoms with Gasteiger partial charge in [-0.25, -0.2) is 8.42 Å². The molecule has 32 heavy (non-hydrogen) atoms. The summed E-state index contributed by atoms with van der Waals surface area (Å²) in [5.41, 5.74) is 1.21. The number of rotatable bonds is 7. The number of benzene rings is 1. The fourth-order valence-electron chi connectivity index (χ4n) is 4.37. The molecule has 10 heteroatoms. The summed E-state index contributed by atoms with van der Waals surface area (Å²) >= 11 is 0. The first-order chi connectivity index (χ1) is 15.5. The number of nitrogens with zero attached hydrogens (tertiary/aromatic N) is 2. The molecule has 9 nitrogen and oxygen atoms in total. The van der Waals surface area contributed by atoms with Crippen LogP contribution in [0, 0.1) is 5.92 Å². The Hall–Kier alpha value is -2.43. The van der Waals surface area contributed by atoms with Gasteiger partial charge in [-0.3, -0.25) is 9.89 Å². The number of aromatic nitrogens is 2. The van der Waals surface area contributed by atoms with Crippen molar-refractivity contribution in [1.82, 2.24) is 14.5 Å². The maximum Gasteiger partial charge on any atom is 0.256 e. The van der Waals surface area contributed by atoms with Crippen LogP contribution in [-0.4, -0.2) is 62.2 Å². The molecule has 2 aliphatic rings. The molecule has 1 aliphatic carbocycles. The third-order valence-electron chi connectivity index (χ3n) is 6.12. The first-order valence-electron chi connectivity index (χ1n) is 11.1. The summed E-state index contributed by atoms with van der Waals surface area (Å²) in [6.45, 7) is 1.20. The first kappa shape index (κ1) is 22.8. The van der Waals surface area contributed by atoms with Gasteiger partial charge in [0.1, 0.15) is 10.6 Å². The van der Waals surface area contributed by atoms with Crippen LogP contribution in [0.4, 0.5) is 5.82 Å². The third-order valence-corrected chi connectivity index (χ3v) is 8.04. The van der Waals surface area contributed by atoms with Crippen molar-refractivity contribution in [2.75, 3.05) is 38.7 Å². The van der Waals surface area contributed by atoms with Gasteiger partial charge < -0.3 is 14.8 Å². The standard InChI is InChI=1S/C22H30N4O5S/c1-30-19-8-7-17(14-20(19)32(28,29)26-9-11-31-12-10-26)22(27)23-21-15-18(24-25-21)13-16-5-3-2-4-6-16/h7-8,14-16H,2-6,9-13H2,1H3,(H2,23,24,25,27). The van der Waals surface area contributed by atoms with Crippen molar-refractivity contribution in [3.05, 3.63) is 35.5 Å². The number of aromatic amines is 1. The largest absolute Gasteiger partial charge is 0.495 e. The number of hydrogen-bond acceptors (Lipinski definition) is 6. The zero-order chi connectivity index (χ0) is 22.6. The van der Waals surface area contributed by atoms with Gasteiger partial charge >= 0.3 is 0 Å². The zero-order valence-electron chi connectivity index (χ0n) is 18.3. The lowest BCUT2D eigenvalue weighted by molar-refractivity contribution is 0.0729. The van der Waals surface area contributed by atoms with Crippen LogP contribution in [0.15, 0.2) is 29.2 Å². The predicted octanol–water partition coefficient (Wildman–Crippen LogP) is 2.81. The number of nitrogens with one attached hydrogen (secondary N) is 2. The van der Waals surface area contributed by atoms with Gasteiger partial charge in [-0.2, -0.15) is 9.40 Å². The van der Waals surface area contributed by atoms with E-state index in [1.807, 2.05) is 6.07 Å². The van der Waals surface area contributed by atoms with E-state index in [4.69, 9.17) is 9.47 Å². The number of methoxy groups -OCH3 is 1. The molecule has 1 aromatic heterocycles. The molecule has 2 N–H and O–H groups in total. The molecule has 4 rings (SSSR count). The van der Waals surface area contributed by atoms with E-state index < -0.39 is 15.9 Å². The summed E-state index contributed by atoms with van der Waals surface area (Å²) in [5.74, 6) is 0.848. The van der Waals surface area contributed by atoms with Crippen molar-refractivity contribution in [2.24, 2.45) is 5.92 Å². The van der Waals surface area contributed by atoms with Crippen molar-refractivity contribution in [3.63, 3.8) is 0 Å². The van der Waals surface area contributed by atoms with Gasteiger partial charge in [0.25, 0.3) is 5.91 Å². The van der Waals surface area contributed by atoms with Crippen LogP contribution >= 0.6 is 0 Å². The molecule has 0 spiro atoms. The Kier molecular flexibility index (Phi) is 7.12. The van der Waals surface area contributed by atoms with Crippen LogP contribution < -0.4 is 10.1 Å². The number of carbonyl (C=O) groups excluding carboxylic acids is 1. The van der Waals surface area contributed by atoms with E-state index in [-0.39, 0.29) is 29.3 Å². The van der Waals surface area contributed by atoms with Gasteiger partial charge in [-0.15, -0.1) is 0 Å². The third kappa shape index (κ3) is 5.13. The van der Waals surface area contributed by atoms with Crippen LogP contribution in [0.2, 0.25) is 0 Å². The highest BCUT2D eigenvalue weighted by atomic mass is 32.2. The van der Waals surface area contributed by atoms with E-state index in [1.165, 1.54) is 55.7 Å². The van der Waals surface area contributed by atoms with Crippen LogP contribution in [0.1, 0.15) is 48.2 Å². The number of hydrogen-bond donors (Lipinski definition) is 2. The minimum Gasteiger partial charge on any atom is -0.495 e. The van der Waals surface area contributed by atoms with Gasteiger partial charge in [-0.1, -0.05) is 32.1 Å². The van der Waals surface area contributed by atoms with E-state index in [0.29, 0.717) is 24.9 Å². The maximum absolute atomic E-state index is 13.1. The average molecular weight is 463 g/mol. The minimum atomic E-state index is -3.82. The van der Waals surface area contributed by atoms with Crippen LogP contribution in [0.3, 0.4) is 0 Å². The molecule has 2 aromatic rings. The van der Waals surface area contributed by atoms with Gasteiger partial charge in [-0.05, 0) is 30.5 Å². The molecule has 2 heterocycles. The highest BCUT2D eigenvalue weighted by molar-refractivity contribution is 7.89. The highest BCUT2D eigenvalue weighted by Gasteiger charge is 2.30. The number of sulfonamides is 1. The van der Waals surface area contributed by atoms with Crippen LogP contribution in [0.5, 0.6) is 5.75 Å². The zero-order valence-corrected chi connectivity index (χ0v) is 19.1. The van der Waals surface area contributed by atoms with Crippen molar-refractivity contribution < 1.29 is 22.7 Å². The molecule has 2 fully saturated rings. The SMILES string of the molecule is COc1ccc(C(=O)Nc2cc(CC3CCCCC3)[nH]n2)cc1S(=O)(=O)N1CCOCC1. The lowest BCUT2D eigenvalue weighted by atomic mass is 9.86. The van der Waals surface area contributed by atoms with Crippen molar-refractivity contribution in [1.29, 1.82) is 0 Å². The summed E-state index contributed by atoms with van der Waals surface area (Å²) in [4.78, 5) is 12.8. The molecule has 0 unspecified atom stereocenters. The van der Waals surface area contributed by atoms with E-state index in [9.17, 15) is 13.2 Å². The van der Waals surface area contributed by atoms with Crippen molar-refractivity contribution >= 4 is 21.7 Å². The lowest BCUT2D eigenvalue weighted by Crippen LogP contribution is -2.40. The second-order valence-corrected chi connectivity index (χ2v) is 10.2. The number of morpholine rings is 1. The number of carbonyl (C=O) groups is 1. The number of ether oxygens (including phenoxy) is 2. The molecule has 174 valence electrons. The second kappa shape index (κ2) is 10.0. The maximum atomic E-state index is 13.1. The van der Waals surface area contributed by atoms with Gasteiger partial charge in [0.05, 0.1) is 20.3 Å². The molecule has 1 saturated carbocycles. The summed E-state index contributed by atoms with van der Waals surface area (Å²) in [6.07, 6.45) is 7.24. The molecule has 1 amide bonds. The number of H-pyrrole nitrogens is 1. The monoisotopic (exact) mass is 462 g/mol. The molecular weight excluding hydrogens is 432 g/mol. The number of amides is 1. The quantitative estimate of drug-likeness (QED) is 0.654. The Morgan fingerprint density at radius 2 is 1.97 bits per heavy atom. The molecular formula is C22H30N4O5S. The Balaban J connectivity index is 1.48. The summed E-state index contributed by atoms with van der Waals surface area (Å²) < 4.78 is 38.1. The topological polar surface area (TPSA) is 114 Å². The Morgan fingerprint density at radius 1 is 1.22 bits per heavy atom. The smallest absolute Gasteiger partial charge is 0.256 e. The van der Waals surface area contributed by atoms with Gasteiger partial charge in [0.15, 0.2) is 5.82 Å². The predicted molar refractivity (Wildman–Crippen MR) is 119 cm³/mol.